The molecule has 20 heavy (non-hydrogen) atoms. The molecule has 1 rings (SSSR count). The van der Waals surface area contributed by atoms with Gasteiger partial charge in [0.2, 0.25) is 0 Å². The van der Waals surface area contributed by atoms with Gasteiger partial charge in [0.25, 0.3) is 0 Å². The number of nitrogens with one attached hydrogen (secondary N) is 1. The van der Waals surface area contributed by atoms with E-state index in [4.69, 9.17) is 0 Å². The van der Waals surface area contributed by atoms with Crippen LogP contribution in [-0.2, 0) is 0 Å². The first-order valence-corrected chi connectivity index (χ1v) is 8.15. The molecule has 1 aromatic carbocycles. The third-order valence-corrected chi connectivity index (χ3v) is 4.31. The summed E-state index contributed by atoms with van der Waals surface area (Å²) in [6.07, 6.45) is 3.68. The van der Waals surface area contributed by atoms with E-state index in [1.54, 1.807) is 0 Å². The topological polar surface area (TPSA) is 15.3 Å². The van der Waals surface area contributed by atoms with Gasteiger partial charge in [0, 0.05) is 18.1 Å². The van der Waals surface area contributed by atoms with Crippen LogP contribution in [0.15, 0.2) is 30.3 Å². The zero-order valence-corrected chi connectivity index (χ0v) is 13.9. The van der Waals surface area contributed by atoms with E-state index < -0.39 is 0 Å². The van der Waals surface area contributed by atoms with E-state index in [9.17, 15) is 0 Å². The molecule has 0 heterocycles. The summed E-state index contributed by atoms with van der Waals surface area (Å²) >= 11 is 0. The van der Waals surface area contributed by atoms with E-state index >= 15 is 0 Å². The minimum absolute atomic E-state index is 0.413. The predicted octanol–water partition coefficient (Wildman–Crippen LogP) is 4.24. The number of rotatable bonds is 9. The normalized spacial score (nSPS) is 16.1. The first kappa shape index (κ1) is 17.2. The van der Waals surface area contributed by atoms with E-state index in [-0.39, 0.29) is 0 Å². The van der Waals surface area contributed by atoms with Crippen molar-refractivity contribution >= 4 is 0 Å². The molecule has 1 aromatic rings. The third-order valence-electron chi connectivity index (χ3n) is 4.31. The van der Waals surface area contributed by atoms with Crippen LogP contribution in [-0.4, -0.2) is 30.6 Å². The summed E-state index contributed by atoms with van der Waals surface area (Å²) in [6, 6.07) is 12.5. The first-order chi connectivity index (χ1) is 9.65. The van der Waals surface area contributed by atoms with Crippen LogP contribution in [0.1, 0.15) is 58.6 Å². The van der Waals surface area contributed by atoms with Gasteiger partial charge >= 0.3 is 0 Å². The van der Waals surface area contributed by atoms with Gasteiger partial charge in [-0.25, -0.2) is 0 Å². The smallest absolute Gasteiger partial charge is 0.0477 e. The third kappa shape index (κ3) is 4.60. The Hall–Kier alpha value is -0.860. The van der Waals surface area contributed by atoms with Crippen molar-refractivity contribution in [2.45, 2.75) is 65.1 Å². The first-order valence-electron chi connectivity index (χ1n) is 8.15. The Morgan fingerprint density at radius 2 is 1.75 bits per heavy atom. The average Bonchev–Trinajstić information content (AvgIpc) is 2.48. The second kappa shape index (κ2) is 9.15. The Kier molecular flexibility index (Phi) is 7.86. The molecule has 0 radical (unpaired) electrons. The molecule has 0 aliphatic carbocycles. The molecule has 2 heteroatoms. The van der Waals surface area contributed by atoms with Crippen molar-refractivity contribution in [3.63, 3.8) is 0 Å². The second-order valence-corrected chi connectivity index (χ2v) is 5.72. The molecular weight excluding hydrogens is 244 g/mol. The monoisotopic (exact) mass is 276 g/mol. The van der Waals surface area contributed by atoms with Gasteiger partial charge in [0.15, 0.2) is 0 Å². The van der Waals surface area contributed by atoms with Crippen LogP contribution < -0.4 is 5.32 Å². The molecule has 3 unspecified atom stereocenters. The molecule has 0 saturated heterocycles. The average molecular weight is 276 g/mol. The maximum Gasteiger partial charge on any atom is 0.0477 e. The molecule has 3 atom stereocenters. The van der Waals surface area contributed by atoms with Crippen LogP contribution in [0.4, 0.5) is 0 Å². The summed E-state index contributed by atoms with van der Waals surface area (Å²) in [5.41, 5.74) is 1.40. The summed E-state index contributed by atoms with van der Waals surface area (Å²) in [6.45, 7) is 10.1. The summed E-state index contributed by atoms with van der Waals surface area (Å²) in [5, 5.41) is 3.69. The SMILES string of the molecule is CCCC(C)N(C)C(CC)C(NCC)c1ccccc1. The fraction of sp³-hybridized carbons (Fsp3) is 0.667. The van der Waals surface area contributed by atoms with Crippen LogP contribution in [0, 0.1) is 0 Å². The largest absolute Gasteiger partial charge is 0.309 e. The van der Waals surface area contributed by atoms with E-state index in [0.717, 1.165) is 13.0 Å². The fourth-order valence-corrected chi connectivity index (χ4v) is 3.06. The molecule has 0 aliphatic rings. The Morgan fingerprint density at radius 3 is 2.25 bits per heavy atom. The van der Waals surface area contributed by atoms with Crippen LogP contribution in [0.3, 0.4) is 0 Å². The molecule has 0 amide bonds. The lowest BCUT2D eigenvalue weighted by atomic mass is 9.94. The van der Waals surface area contributed by atoms with E-state index in [1.807, 2.05) is 0 Å². The lowest BCUT2D eigenvalue weighted by molar-refractivity contribution is 0.135. The molecule has 0 saturated carbocycles. The van der Waals surface area contributed by atoms with Gasteiger partial charge in [-0.2, -0.15) is 0 Å². The minimum Gasteiger partial charge on any atom is -0.309 e. The maximum absolute atomic E-state index is 3.69. The van der Waals surface area contributed by atoms with Crippen molar-refractivity contribution in [1.29, 1.82) is 0 Å². The van der Waals surface area contributed by atoms with Crippen LogP contribution in [0.5, 0.6) is 0 Å². The molecule has 1 N–H and O–H groups in total. The summed E-state index contributed by atoms with van der Waals surface area (Å²) in [7, 11) is 2.28. The molecule has 0 aliphatic heterocycles. The van der Waals surface area contributed by atoms with Crippen LogP contribution in [0.2, 0.25) is 0 Å². The van der Waals surface area contributed by atoms with E-state index in [0.29, 0.717) is 18.1 Å². The van der Waals surface area contributed by atoms with E-state index in [1.165, 1.54) is 18.4 Å². The van der Waals surface area contributed by atoms with Crippen LogP contribution in [0.25, 0.3) is 0 Å². The molecular formula is C18H32N2. The number of likely N-dealkylation sites (N-methyl/N-ethyl adjacent to an activating group) is 2. The maximum atomic E-state index is 3.69. The van der Waals surface area contributed by atoms with Gasteiger partial charge in [-0.1, -0.05) is 57.5 Å². The second-order valence-electron chi connectivity index (χ2n) is 5.72. The molecule has 114 valence electrons. The number of hydrogen-bond acceptors (Lipinski definition) is 2. The Bertz CT molecular complexity index is 350. The number of benzene rings is 1. The van der Waals surface area contributed by atoms with Crippen molar-refractivity contribution in [1.82, 2.24) is 10.2 Å². The van der Waals surface area contributed by atoms with Crippen molar-refractivity contribution in [2.24, 2.45) is 0 Å². The van der Waals surface area contributed by atoms with E-state index in [2.05, 4.69) is 75.3 Å². The number of hydrogen-bond donors (Lipinski definition) is 1. The lowest BCUT2D eigenvalue weighted by Gasteiger charge is -2.38. The zero-order chi connectivity index (χ0) is 15.0. The highest BCUT2D eigenvalue weighted by molar-refractivity contribution is 5.20. The van der Waals surface area contributed by atoms with Gasteiger partial charge in [-0.3, -0.25) is 4.90 Å². The van der Waals surface area contributed by atoms with Gasteiger partial charge in [0.1, 0.15) is 0 Å². The van der Waals surface area contributed by atoms with Crippen molar-refractivity contribution in [2.75, 3.05) is 13.6 Å². The minimum atomic E-state index is 0.413. The highest BCUT2D eigenvalue weighted by Gasteiger charge is 2.26. The highest BCUT2D eigenvalue weighted by atomic mass is 15.2. The molecule has 2 nitrogen and oxygen atoms in total. The molecule has 0 spiro atoms. The lowest BCUT2D eigenvalue weighted by Crippen LogP contribution is -2.46. The fourth-order valence-electron chi connectivity index (χ4n) is 3.06. The highest BCUT2D eigenvalue weighted by Crippen LogP contribution is 2.25. The Morgan fingerprint density at radius 1 is 1.10 bits per heavy atom. The van der Waals surface area contributed by atoms with Gasteiger partial charge < -0.3 is 5.32 Å². The van der Waals surface area contributed by atoms with Gasteiger partial charge in [-0.05, 0) is 38.9 Å². The quantitative estimate of drug-likeness (QED) is 0.726. The predicted molar refractivity (Wildman–Crippen MR) is 89.1 cm³/mol. The summed E-state index contributed by atoms with van der Waals surface area (Å²) in [5.74, 6) is 0. The Balaban J connectivity index is 2.91. The summed E-state index contributed by atoms with van der Waals surface area (Å²) < 4.78 is 0. The van der Waals surface area contributed by atoms with Crippen LogP contribution >= 0.6 is 0 Å². The molecule has 0 bridgehead atoms. The Labute approximate surface area is 125 Å². The van der Waals surface area contributed by atoms with Gasteiger partial charge in [0.05, 0.1) is 0 Å². The molecule has 0 aromatic heterocycles. The van der Waals surface area contributed by atoms with Gasteiger partial charge in [-0.15, -0.1) is 0 Å². The molecule has 0 fully saturated rings. The van der Waals surface area contributed by atoms with Crippen molar-refractivity contribution in [3.8, 4) is 0 Å². The standard InChI is InChI=1S/C18H32N2/c1-6-12-15(4)20(5)17(7-2)18(19-8-3)16-13-10-9-11-14-16/h9-11,13-15,17-19H,6-8,12H2,1-5H3. The van der Waals surface area contributed by atoms with Crippen molar-refractivity contribution in [3.05, 3.63) is 35.9 Å². The van der Waals surface area contributed by atoms with Crippen molar-refractivity contribution < 1.29 is 0 Å². The zero-order valence-electron chi connectivity index (χ0n) is 13.9. The number of nitrogens with zero attached hydrogens (tertiary/aromatic N) is 1. The summed E-state index contributed by atoms with van der Waals surface area (Å²) in [4.78, 5) is 2.56.